The molecule has 0 spiro atoms. The van der Waals surface area contributed by atoms with E-state index >= 15 is 0 Å². The van der Waals surface area contributed by atoms with E-state index in [2.05, 4.69) is 26.7 Å². The second kappa shape index (κ2) is 11.1. The molecule has 1 saturated heterocycles. The number of methoxy groups -OCH3 is 1. The Morgan fingerprint density at radius 2 is 1.72 bits per heavy atom. The average Bonchev–Trinajstić information content (AvgIpc) is 3.09. The second-order valence-corrected chi connectivity index (χ2v) is 9.44. The summed E-state index contributed by atoms with van der Waals surface area (Å²) in [4.78, 5) is 40.7. The average molecular weight is 588 g/mol. The van der Waals surface area contributed by atoms with Gasteiger partial charge in [-0.15, -0.1) is 0 Å². The van der Waals surface area contributed by atoms with Gasteiger partial charge in [0.15, 0.2) is 0 Å². The van der Waals surface area contributed by atoms with Crippen molar-refractivity contribution in [1.82, 2.24) is 10.4 Å². The van der Waals surface area contributed by atoms with E-state index in [-0.39, 0.29) is 11.5 Å². The van der Waals surface area contributed by atoms with Crippen molar-refractivity contribution >= 4 is 74.0 Å². The number of hydrazine groups is 1. The standard InChI is InChI=1S/C25H20BrClN4O4S/c1-35-21-5-3-2-4-19(21)28-22(32)14-20-24(34)30(18-12-10-17(27)11-13-18)25(36)31(20)29-23(33)15-6-8-16(26)9-7-15/h2-13,20H,14H2,1H3,(H,28,32)(H,29,33). The molecule has 1 unspecified atom stereocenters. The van der Waals surface area contributed by atoms with Crippen molar-refractivity contribution in [3.63, 3.8) is 0 Å². The van der Waals surface area contributed by atoms with Gasteiger partial charge in [-0.1, -0.05) is 39.7 Å². The van der Waals surface area contributed by atoms with Crippen molar-refractivity contribution in [1.29, 1.82) is 0 Å². The summed E-state index contributed by atoms with van der Waals surface area (Å²) in [5, 5.41) is 4.53. The van der Waals surface area contributed by atoms with Crippen LogP contribution in [0.15, 0.2) is 77.3 Å². The first-order chi connectivity index (χ1) is 17.3. The van der Waals surface area contributed by atoms with Crippen LogP contribution in [0, 0.1) is 0 Å². The largest absolute Gasteiger partial charge is 0.495 e. The molecular weight excluding hydrogens is 568 g/mol. The molecule has 36 heavy (non-hydrogen) atoms. The highest BCUT2D eigenvalue weighted by Gasteiger charge is 2.45. The summed E-state index contributed by atoms with van der Waals surface area (Å²) in [7, 11) is 1.49. The first-order valence-corrected chi connectivity index (χ1v) is 12.3. The Morgan fingerprint density at radius 3 is 2.39 bits per heavy atom. The monoisotopic (exact) mass is 586 g/mol. The Hall–Kier alpha value is -3.47. The summed E-state index contributed by atoms with van der Waals surface area (Å²) < 4.78 is 6.09. The second-order valence-electron chi connectivity index (χ2n) is 7.72. The van der Waals surface area contributed by atoms with Crippen LogP contribution in [0.4, 0.5) is 11.4 Å². The summed E-state index contributed by atoms with van der Waals surface area (Å²) in [6, 6.07) is 19.1. The van der Waals surface area contributed by atoms with Crippen molar-refractivity contribution in [3.8, 4) is 5.75 Å². The summed E-state index contributed by atoms with van der Waals surface area (Å²) >= 11 is 14.9. The van der Waals surface area contributed by atoms with Gasteiger partial charge in [0.25, 0.3) is 11.8 Å². The minimum absolute atomic E-state index is 0.0304. The Kier molecular flexibility index (Phi) is 7.88. The van der Waals surface area contributed by atoms with Gasteiger partial charge in [0.2, 0.25) is 11.0 Å². The molecule has 3 amide bonds. The number of nitrogens with zero attached hydrogens (tertiary/aromatic N) is 2. The summed E-state index contributed by atoms with van der Waals surface area (Å²) in [6.45, 7) is 0. The molecule has 3 aromatic carbocycles. The van der Waals surface area contributed by atoms with Gasteiger partial charge < -0.3 is 10.1 Å². The molecule has 1 heterocycles. The lowest BCUT2D eigenvalue weighted by Gasteiger charge is -2.24. The zero-order valence-corrected chi connectivity index (χ0v) is 22.1. The fourth-order valence-corrected chi connectivity index (χ4v) is 4.39. The number of nitrogens with one attached hydrogen (secondary N) is 2. The molecule has 1 aliphatic rings. The van der Waals surface area contributed by atoms with Gasteiger partial charge in [0, 0.05) is 15.1 Å². The van der Waals surface area contributed by atoms with Gasteiger partial charge in [-0.25, -0.2) is 5.01 Å². The van der Waals surface area contributed by atoms with Gasteiger partial charge in [-0.05, 0) is 72.9 Å². The molecule has 3 aromatic rings. The van der Waals surface area contributed by atoms with Crippen molar-refractivity contribution < 1.29 is 19.1 Å². The van der Waals surface area contributed by atoms with Crippen LogP contribution in [0.2, 0.25) is 5.02 Å². The number of thiocarbonyl (C=S) groups is 1. The maximum atomic E-state index is 13.5. The van der Waals surface area contributed by atoms with Crippen LogP contribution in [0.5, 0.6) is 5.75 Å². The predicted molar refractivity (Wildman–Crippen MR) is 145 cm³/mol. The molecule has 2 N–H and O–H groups in total. The maximum Gasteiger partial charge on any atom is 0.269 e. The van der Waals surface area contributed by atoms with Gasteiger partial charge in [-0.2, -0.15) is 0 Å². The number of ether oxygens (including phenoxy) is 1. The third kappa shape index (κ3) is 5.51. The highest BCUT2D eigenvalue weighted by atomic mass is 79.9. The van der Waals surface area contributed by atoms with Crippen LogP contribution >= 0.6 is 39.7 Å². The molecule has 11 heteroatoms. The van der Waals surface area contributed by atoms with Crippen LogP contribution < -0.4 is 20.4 Å². The quantitative estimate of drug-likeness (QED) is 0.387. The van der Waals surface area contributed by atoms with Gasteiger partial charge in [0.1, 0.15) is 11.8 Å². The van der Waals surface area contributed by atoms with E-state index in [1.165, 1.54) is 17.0 Å². The minimum Gasteiger partial charge on any atom is -0.495 e. The SMILES string of the molecule is COc1ccccc1NC(=O)CC1C(=O)N(c2ccc(Cl)cc2)C(=S)N1NC(=O)c1ccc(Br)cc1. The third-order valence-electron chi connectivity index (χ3n) is 5.39. The number of amides is 3. The molecule has 8 nitrogen and oxygen atoms in total. The van der Waals surface area contributed by atoms with Crippen LogP contribution in [-0.2, 0) is 9.59 Å². The lowest BCUT2D eigenvalue weighted by Crippen LogP contribution is -2.49. The smallest absolute Gasteiger partial charge is 0.269 e. The van der Waals surface area contributed by atoms with E-state index in [9.17, 15) is 14.4 Å². The van der Waals surface area contributed by atoms with Crippen LogP contribution in [0.25, 0.3) is 0 Å². The number of halogens is 2. The molecule has 1 aliphatic heterocycles. The number of anilines is 2. The highest BCUT2D eigenvalue weighted by Crippen LogP contribution is 2.29. The number of hydrogen-bond acceptors (Lipinski definition) is 5. The number of para-hydroxylation sites is 2. The van der Waals surface area contributed by atoms with E-state index in [0.29, 0.717) is 27.7 Å². The summed E-state index contributed by atoms with van der Waals surface area (Å²) in [6.07, 6.45) is -0.276. The molecule has 1 fully saturated rings. The van der Waals surface area contributed by atoms with Gasteiger partial charge in [-0.3, -0.25) is 24.7 Å². The van der Waals surface area contributed by atoms with Crippen molar-refractivity contribution in [2.45, 2.75) is 12.5 Å². The maximum absolute atomic E-state index is 13.5. The number of carbonyl (C=O) groups is 3. The summed E-state index contributed by atoms with van der Waals surface area (Å²) in [5.41, 5.74) is 3.97. The van der Waals surface area contributed by atoms with Crippen molar-refractivity contribution in [2.24, 2.45) is 0 Å². The highest BCUT2D eigenvalue weighted by molar-refractivity contribution is 9.10. The molecule has 184 valence electrons. The lowest BCUT2D eigenvalue weighted by molar-refractivity contribution is -0.124. The Bertz CT molecular complexity index is 1320. The van der Waals surface area contributed by atoms with E-state index in [0.717, 1.165) is 4.47 Å². The molecule has 0 radical (unpaired) electrons. The minimum atomic E-state index is -1.08. The molecule has 0 bridgehead atoms. The van der Waals surface area contributed by atoms with Gasteiger partial charge in [0.05, 0.1) is 24.9 Å². The van der Waals surface area contributed by atoms with Crippen LogP contribution in [0.1, 0.15) is 16.8 Å². The zero-order valence-electron chi connectivity index (χ0n) is 18.9. The molecule has 1 atom stereocenters. The number of carbonyl (C=O) groups excluding carboxylic acids is 3. The molecule has 0 saturated carbocycles. The first kappa shape index (κ1) is 25.6. The fourth-order valence-electron chi connectivity index (χ4n) is 3.63. The van der Waals surface area contributed by atoms with Crippen LogP contribution in [-0.4, -0.2) is 41.0 Å². The van der Waals surface area contributed by atoms with E-state index in [1.807, 2.05) is 0 Å². The predicted octanol–water partition coefficient (Wildman–Crippen LogP) is 4.79. The fraction of sp³-hybridized carbons (Fsp3) is 0.120. The van der Waals surface area contributed by atoms with Crippen molar-refractivity contribution in [3.05, 3.63) is 87.9 Å². The van der Waals surface area contributed by atoms with Gasteiger partial charge >= 0.3 is 0 Å². The van der Waals surface area contributed by atoms with E-state index < -0.39 is 23.8 Å². The number of benzene rings is 3. The zero-order chi connectivity index (χ0) is 25.8. The molecule has 0 aliphatic carbocycles. The summed E-state index contributed by atoms with van der Waals surface area (Å²) in [5.74, 6) is -0.928. The molecular formula is C25H20BrClN4O4S. The lowest BCUT2D eigenvalue weighted by atomic mass is 10.1. The Morgan fingerprint density at radius 1 is 1.06 bits per heavy atom. The van der Waals surface area contributed by atoms with Crippen LogP contribution in [0.3, 0.4) is 0 Å². The first-order valence-electron chi connectivity index (χ1n) is 10.7. The number of rotatable bonds is 7. The third-order valence-corrected chi connectivity index (χ3v) is 6.55. The van der Waals surface area contributed by atoms with E-state index in [1.54, 1.807) is 72.8 Å². The normalized spacial score (nSPS) is 15.1. The number of hydrogen-bond donors (Lipinski definition) is 2. The molecule has 4 rings (SSSR count). The van der Waals surface area contributed by atoms with Crippen molar-refractivity contribution in [2.75, 3.05) is 17.3 Å². The Labute approximate surface area is 226 Å². The molecule has 0 aromatic heterocycles. The van der Waals surface area contributed by atoms with E-state index in [4.69, 9.17) is 28.6 Å². The topological polar surface area (TPSA) is 91.0 Å². The Balaban J connectivity index is 1.61.